The van der Waals surface area contributed by atoms with Crippen molar-refractivity contribution in [3.8, 4) is 5.75 Å². The molecule has 5 heteroatoms. The largest absolute Gasteiger partial charge is 0.496 e. The minimum absolute atomic E-state index is 0.294. The lowest BCUT2D eigenvalue weighted by molar-refractivity contribution is -0.185. The molecule has 0 unspecified atom stereocenters. The lowest BCUT2D eigenvalue weighted by atomic mass is 10.0. The summed E-state index contributed by atoms with van der Waals surface area (Å²) in [5.74, 6) is 0.652. The van der Waals surface area contributed by atoms with E-state index in [1.54, 1.807) is 7.11 Å². The highest BCUT2D eigenvalue weighted by Crippen LogP contribution is 2.32. The second kappa shape index (κ2) is 6.02. The molecule has 0 aromatic heterocycles. The smallest absolute Gasteiger partial charge is 0.170 e. The number of benzene rings is 1. The van der Waals surface area contributed by atoms with Crippen molar-refractivity contribution in [2.45, 2.75) is 25.2 Å². The van der Waals surface area contributed by atoms with E-state index in [2.05, 4.69) is 26.9 Å². The van der Waals surface area contributed by atoms with Crippen LogP contribution in [-0.4, -0.2) is 44.1 Å². The average Bonchev–Trinajstić information content (AvgIpc) is 2.90. The van der Waals surface area contributed by atoms with Gasteiger partial charge in [-0.3, -0.25) is 4.90 Å². The topological polar surface area (TPSA) is 30.9 Å². The molecule has 0 saturated carbocycles. The van der Waals surface area contributed by atoms with E-state index >= 15 is 0 Å². The van der Waals surface area contributed by atoms with E-state index in [1.165, 1.54) is 5.56 Å². The summed E-state index contributed by atoms with van der Waals surface area (Å²) in [6.07, 6.45) is 1.90. The normalized spacial score (nSPS) is 22.3. The molecular formula is C15H20BrNO3. The van der Waals surface area contributed by atoms with E-state index < -0.39 is 0 Å². The van der Waals surface area contributed by atoms with Crippen LogP contribution in [0.3, 0.4) is 0 Å². The summed E-state index contributed by atoms with van der Waals surface area (Å²) in [4.78, 5) is 2.43. The van der Waals surface area contributed by atoms with Crippen LogP contribution in [0.1, 0.15) is 18.4 Å². The molecule has 2 aliphatic heterocycles. The Hall–Kier alpha value is -0.620. The number of halogens is 1. The molecule has 2 fully saturated rings. The first kappa shape index (κ1) is 14.3. The Labute approximate surface area is 128 Å². The van der Waals surface area contributed by atoms with Crippen LogP contribution in [0.15, 0.2) is 22.7 Å². The van der Waals surface area contributed by atoms with E-state index in [1.807, 2.05) is 12.1 Å². The first-order valence-corrected chi connectivity index (χ1v) is 7.83. The van der Waals surface area contributed by atoms with Crippen molar-refractivity contribution in [3.05, 3.63) is 28.2 Å². The van der Waals surface area contributed by atoms with E-state index in [0.717, 1.165) is 55.9 Å². The molecular weight excluding hydrogens is 322 g/mol. The van der Waals surface area contributed by atoms with Gasteiger partial charge in [-0.2, -0.15) is 0 Å². The summed E-state index contributed by atoms with van der Waals surface area (Å²) in [6, 6.07) is 6.15. The molecule has 1 aromatic rings. The van der Waals surface area contributed by atoms with E-state index in [0.29, 0.717) is 0 Å². The van der Waals surface area contributed by atoms with Gasteiger partial charge in [-0.1, -0.05) is 15.9 Å². The fourth-order valence-electron chi connectivity index (χ4n) is 2.95. The summed E-state index contributed by atoms with van der Waals surface area (Å²) < 4.78 is 18.1. The van der Waals surface area contributed by atoms with Gasteiger partial charge in [0, 0.05) is 42.5 Å². The van der Waals surface area contributed by atoms with Crippen LogP contribution in [0.2, 0.25) is 0 Å². The van der Waals surface area contributed by atoms with Gasteiger partial charge in [0.2, 0.25) is 0 Å². The molecule has 1 spiro atoms. The lowest BCUT2D eigenvalue weighted by Gasteiger charge is -2.37. The molecule has 2 heterocycles. The van der Waals surface area contributed by atoms with Crippen LogP contribution in [0.5, 0.6) is 5.75 Å². The highest BCUT2D eigenvalue weighted by molar-refractivity contribution is 9.10. The zero-order valence-electron chi connectivity index (χ0n) is 11.7. The van der Waals surface area contributed by atoms with E-state index in [-0.39, 0.29) is 5.79 Å². The maximum Gasteiger partial charge on any atom is 0.170 e. The molecule has 110 valence electrons. The highest BCUT2D eigenvalue weighted by atomic mass is 79.9. The van der Waals surface area contributed by atoms with Crippen molar-refractivity contribution < 1.29 is 14.2 Å². The predicted molar refractivity (Wildman–Crippen MR) is 79.8 cm³/mol. The molecule has 0 N–H and O–H groups in total. The summed E-state index contributed by atoms with van der Waals surface area (Å²) in [5, 5.41) is 0. The van der Waals surface area contributed by atoms with Gasteiger partial charge in [-0.15, -0.1) is 0 Å². The molecule has 2 saturated heterocycles. The average molecular weight is 342 g/mol. The number of hydrogen-bond acceptors (Lipinski definition) is 4. The Bertz CT molecular complexity index is 464. The zero-order chi connectivity index (χ0) is 14.0. The van der Waals surface area contributed by atoms with Gasteiger partial charge in [0.15, 0.2) is 5.79 Å². The molecule has 0 bridgehead atoms. The Morgan fingerprint density at radius 3 is 2.60 bits per heavy atom. The van der Waals surface area contributed by atoms with Crippen molar-refractivity contribution in [2.24, 2.45) is 0 Å². The number of methoxy groups -OCH3 is 1. The van der Waals surface area contributed by atoms with Crippen molar-refractivity contribution in [1.29, 1.82) is 0 Å². The second-order valence-electron chi connectivity index (χ2n) is 5.34. The first-order chi connectivity index (χ1) is 9.71. The number of piperidine rings is 1. The number of ether oxygens (including phenoxy) is 3. The maximum atomic E-state index is 5.76. The quantitative estimate of drug-likeness (QED) is 0.845. The third-order valence-corrected chi connectivity index (χ3v) is 4.56. The Morgan fingerprint density at radius 2 is 1.95 bits per heavy atom. The number of nitrogens with zero attached hydrogens (tertiary/aromatic N) is 1. The third-order valence-electron chi connectivity index (χ3n) is 4.07. The molecule has 2 aliphatic rings. The van der Waals surface area contributed by atoms with Gasteiger partial charge in [-0.25, -0.2) is 0 Å². The number of likely N-dealkylation sites (tertiary alicyclic amines) is 1. The van der Waals surface area contributed by atoms with E-state index in [4.69, 9.17) is 14.2 Å². The van der Waals surface area contributed by atoms with Crippen LogP contribution in [0.25, 0.3) is 0 Å². The first-order valence-electron chi connectivity index (χ1n) is 7.03. The van der Waals surface area contributed by atoms with Crippen molar-refractivity contribution >= 4 is 15.9 Å². The van der Waals surface area contributed by atoms with Crippen LogP contribution in [0.4, 0.5) is 0 Å². The maximum absolute atomic E-state index is 5.76. The van der Waals surface area contributed by atoms with Crippen molar-refractivity contribution in [2.75, 3.05) is 33.4 Å². The molecule has 3 rings (SSSR count). The summed E-state index contributed by atoms with van der Waals surface area (Å²) >= 11 is 3.52. The van der Waals surface area contributed by atoms with Crippen LogP contribution in [-0.2, 0) is 16.0 Å². The molecule has 0 radical (unpaired) electrons. The lowest BCUT2D eigenvalue weighted by Crippen LogP contribution is -2.44. The van der Waals surface area contributed by atoms with Gasteiger partial charge < -0.3 is 14.2 Å². The monoisotopic (exact) mass is 341 g/mol. The Morgan fingerprint density at radius 1 is 1.25 bits per heavy atom. The highest BCUT2D eigenvalue weighted by Gasteiger charge is 2.39. The summed E-state index contributed by atoms with van der Waals surface area (Å²) in [5.41, 5.74) is 1.21. The zero-order valence-corrected chi connectivity index (χ0v) is 13.3. The third kappa shape index (κ3) is 3.01. The van der Waals surface area contributed by atoms with Crippen molar-refractivity contribution in [3.63, 3.8) is 0 Å². The van der Waals surface area contributed by atoms with Crippen molar-refractivity contribution in [1.82, 2.24) is 4.90 Å². The van der Waals surface area contributed by atoms with E-state index in [9.17, 15) is 0 Å². The minimum atomic E-state index is -0.294. The molecule has 0 aliphatic carbocycles. The van der Waals surface area contributed by atoms with Crippen LogP contribution in [0, 0.1) is 0 Å². The molecule has 0 atom stereocenters. The number of hydrogen-bond donors (Lipinski definition) is 0. The van der Waals surface area contributed by atoms with Gasteiger partial charge >= 0.3 is 0 Å². The van der Waals surface area contributed by atoms with Crippen LogP contribution < -0.4 is 4.74 Å². The second-order valence-corrected chi connectivity index (χ2v) is 6.26. The Kier molecular flexibility index (Phi) is 4.31. The SMILES string of the molecule is COc1ccc(Br)cc1CN1CCC2(CC1)OCCO2. The number of rotatable bonds is 3. The van der Waals surface area contributed by atoms with Crippen LogP contribution >= 0.6 is 15.9 Å². The molecule has 1 aromatic carbocycles. The van der Waals surface area contributed by atoms with Gasteiger partial charge in [-0.05, 0) is 18.2 Å². The molecule has 20 heavy (non-hydrogen) atoms. The summed E-state index contributed by atoms with van der Waals surface area (Å²) in [7, 11) is 1.72. The Balaban J connectivity index is 1.63. The summed E-state index contributed by atoms with van der Waals surface area (Å²) in [6.45, 7) is 4.36. The minimum Gasteiger partial charge on any atom is -0.496 e. The predicted octanol–water partition coefficient (Wildman–Crippen LogP) is 2.80. The molecule has 4 nitrogen and oxygen atoms in total. The fraction of sp³-hybridized carbons (Fsp3) is 0.600. The van der Waals surface area contributed by atoms with Gasteiger partial charge in [0.05, 0.1) is 20.3 Å². The molecule has 0 amide bonds. The standard InChI is InChI=1S/C15H20BrNO3/c1-18-14-3-2-13(16)10-12(14)11-17-6-4-15(5-7-17)19-8-9-20-15/h2-3,10H,4-9,11H2,1H3. The fourth-order valence-corrected chi connectivity index (χ4v) is 3.36. The van der Waals surface area contributed by atoms with Gasteiger partial charge in [0.1, 0.15) is 5.75 Å². The van der Waals surface area contributed by atoms with Gasteiger partial charge in [0.25, 0.3) is 0 Å².